The number of hydrogen-bond donors (Lipinski definition) is 1. The SMILES string of the molecule is CNC(=O)CN(C)C(=O)COC(=O)c1oc2c(F)cccc2c1C. The Bertz CT molecular complexity index is 799. The second-order valence-electron chi connectivity index (χ2n) is 5.17. The van der Waals surface area contributed by atoms with Gasteiger partial charge in [-0.05, 0) is 13.0 Å². The van der Waals surface area contributed by atoms with Crippen LogP contribution in [-0.4, -0.2) is 49.9 Å². The Kier molecular flexibility index (Phi) is 5.18. The fourth-order valence-electron chi connectivity index (χ4n) is 2.09. The molecular formula is C16H17FN2O5. The molecule has 2 aromatic rings. The lowest BCUT2D eigenvalue weighted by atomic mass is 10.1. The van der Waals surface area contributed by atoms with E-state index in [1.54, 1.807) is 13.0 Å². The fourth-order valence-corrected chi connectivity index (χ4v) is 2.09. The van der Waals surface area contributed by atoms with Crippen molar-refractivity contribution in [2.24, 2.45) is 0 Å². The average molecular weight is 336 g/mol. The van der Waals surface area contributed by atoms with Crippen LogP contribution < -0.4 is 5.32 Å². The molecule has 0 radical (unpaired) electrons. The van der Waals surface area contributed by atoms with Crippen LogP contribution in [0.15, 0.2) is 22.6 Å². The van der Waals surface area contributed by atoms with Gasteiger partial charge in [0.2, 0.25) is 11.7 Å². The summed E-state index contributed by atoms with van der Waals surface area (Å²) in [6.45, 7) is 0.897. The number of nitrogens with one attached hydrogen (secondary N) is 1. The van der Waals surface area contributed by atoms with Gasteiger partial charge in [-0.3, -0.25) is 9.59 Å². The number of carbonyl (C=O) groups excluding carboxylic acids is 3. The molecule has 8 heteroatoms. The van der Waals surface area contributed by atoms with E-state index in [4.69, 9.17) is 9.15 Å². The molecule has 24 heavy (non-hydrogen) atoms. The highest BCUT2D eigenvalue weighted by Crippen LogP contribution is 2.27. The van der Waals surface area contributed by atoms with Crippen molar-refractivity contribution in [2.45, 2.75) is 6.92 Å². The van der Waals surface area contributed by atoms with Crippen LogP contribution in [0.5, 0.6) is 0 Å². The number of amides is 2. The summed E-state index contributed by atoms with van der Waals surface area (Å²) in [7, 11) is 2.86. The van der Waals surface area contributed by atoms with Crippen LogP contribution in [0.2, 0.25) is 0 Å². The average Bonchev–Trinajstić information content (AvgIpc) is 2.90. The highest BCUT2D eigenvalue weighted by molar-refractivity contribution is 5.97. The van der Waals surface area contributed by atoms with Crippen molar-refractivity contribution in [3.63, 3.8) is 0 Å². The van der Waals surface area contributed by atoms with Gasteiger partial charge in [-0.1, -0.05) is 12.1 Å². The molecule has 0 aliphatic carbocycles. The van der Waals surface area contributed by atoms with Crippen molar-refractivity contribution in [3.05, 3.63) is 35.3 Å². The summed E-state index contributed by atoms with van der Waals surface area (Å²) in [5.41, 5.74) is 0.394. The van der Waals surface area contributed by atoms with E-state index in [0.717, 1.165) is 4.90 Å². The third-order valence-electron chi connectivity index (χ3n) is 3.51. The number of fused-ring (bicyclic) bond motifs is 1. The zero-order chi connectivity index (χ0) is 17.9. The highest BCUT2D eigenvalue weighted by atomic mass is 19.1. The zero-order valence-corrected chi connectivity index (χ0v) is 13.5. The number of para-hydroxylation sites is 1. The number of carbonyl (C=O) groups is 3. The van der Waals surface area contributed by atoms with Crippen molar-refractivity contribution in [2.75, 3.05) is 27.2 Å². The topological polar surface area (TPSA) is 88.9 Å². The van der Waals surface area contributed by atoms with E-state index >= 15 is 0 Å². The minimum atomic E-state index is -0.871. The Hall–Kier alpha value is -2.90. The summed E-state index contributed by atoms with van der Waals surface area (Å²) in [4.78, 5) is 36.2. The van der Waals surface area contributed by atoms with Crippen molar-refractivity contribution < 1.29 is 27.9 Å². The van der Waals surface area contributed by atoms with Crippen molar-refractivity contribution >= 4 is 28.8 Å². The number of likely N-dealkylation sites (N-methyl/N-ethyl adjacent to an activating group) is 2. The first-order chi connectivity index (χ1) is 11.3. The van der Waals surface area contributed by atoms with E-state index in [1.165, 1.54) is 26.2 Å². The number of hydrogen-bond acceptors (Lipinski definition) is 5. The first-order valence-corrected chi connectivity index (χ1v) is 7.14. The van der Waals surface area contributed by atoms with Gasteiger partial charge in [0.15, 0.2) is 18.0 Å². The molecule has 0 aliphatic heterocycles. The van der Waals surface area contributed by atoms with E-state index < -0.39 is 24.3 Å². The molecule has 0 aliphatic rings. The third-order valence-corrected chi connectivity index (χ3v) is 3.51. The third kappa shape index (κ3) is 3.53. The summed E-state index contributed by atoms with van der Waals surface area (Å²) >= 11 is 0. The minimum absolute atomic E-state index is 0.0370. The Morgan fingerprint density at radius 2 is 2.04 bits per heavy atom. The molecule has 7 nitrogen and oxygen atoms in total. The Balaban J connectivity index is 2.05. The van der Waals surface area contributed by atoms with Crippen LogP contribution in [0.25, 0.3) is 11.0 Å². The van der Waals surface area contributed by atoms with E-state index in [9.17, 15) is 18.8 Å². The molecule has 128 valence electrons. The number of rotatable bonds is 5. The molecule has 0 saturated heterocycles. The monoisotopic (exact) mass is 336 g/mol. The normalized spacial score (nSPS) is 10.5. The zero-order valence-electron chi connectivity index (χ0n) is 13.5. The molecule has 0 fully saturated rings. The maximum absolute atomic E-state index is 13.7. The Labute approximate surface area is 137 Å². The van der Waals surface area contributed by atoms with Gasteiger partial charge >= 0.3 is 5.97 Å². The predicted molar refractivity (Wildman–Crippen MR) is 82.9 cm³/mol. The van der Waals surface area contributed by atoms with Crippen LogP contribution in [0, 0.1) is 12.7 Å². The number of halogens is 1. The maximum Gasteiger partial charge on any atom is 0.375 e. The van der Waals surface area contributed by atoms with Gasteiger partial charge in [-0.2, -0.15) is 0 Å². The summed E-state index contributed by atoms with van der Waals surface area (Å²) in [6.07, 6.45) is 0. The van der Waals surface area contributed by atoms with Crippen molar-refractivity contribution in [1.29, 1.82) is 0 Å². The maximum atomic E-state index is 13.7. The quantitative estimate of drug-likeness (QED) is 0.830. The number of ether oxygens (including phenoxy) is 1. The summed E-state index contributed by atoms with van der Waals surface area (Å²) in [5.74, 6) is -2.51. The molecule has 2 rings (SSSR count). The van der Waals surface area contributed by atoms with Gasteiger partial charge in [0.05, 0.1) is 6.54 Å². The number of nitrogens with zero attached hydrogens (tertiary/aromatic N) is 1. The van der Waals surface area contributed by atoms with Gasteiger partial charge in [-0.15, -0.1) is 0 Å². The number of furan rings is 1. The summed E-state index contributed by atoms with van der Waals surface area (Å²) in [6, 6.07) is 4.35. The molecule has 0 atom stereocenters. The molecule has 0 saturated carbocycles. The van der Waals surface area contributed by atoms with E-state index in [2.05, 4.69) is 5.32 Å². The molecule has 0 unspecified atom stereocenters. The van der Waals surface area contributed by atoms with Gasteiger partial charge in [-0.25, -0.2) is 9.18 Å². The van der Waals surface area contributed by atoms with Gasteiger partial charge < -0.3 is 19.4 Å². The van der Waals surface area contributed by atoms with E-state index in [1.807, 2.05) is 0 Å². The van der Waals surface area contributed by atoms with Crippen molar-refractivity contribution in [3.8, 4) is 0 Å². The summed E-state index contributed by atoms with van der Waals surface area (Å²) in [5, 5.41) is 2.84. The number of aryl methyl sites for hydroxylation is 1. The van der Waals surface area contributed by atoms with Crippen LogP contribution in [0.3, 0.4) is 0 Å². The number of benzene rings is 1. The second kappa shape index (κ2) is 7.12. The smallest absolute Gasteiger partial charge is 0.375 e. The largest absolute Gasteiger partial charge is 0.450 e. The first-order valence-electron chi connectivity index (χ1n) is 7.14. The second-order valence-corrected chi connectivity index (χ2v) is 5.17. The molecule has 2 amide bonds. The Morgan fingerprint density at radius 3 is 2.67 bits per heavy atom. The van der Waals surface area contributed by atoms with Crippen LogP contribution in [0.1, 0.15) is 16.1 Å². The number of esters is 1. The van der Waals surface area contributed by atoms with Gasteiger partial charge in [0.25, 0.3) is 5.91 Å². The van der Waals surface area contributed by atoms with Crippen LogP contribution in [0.4, 0.5) is 4.39 Å². The van der Waals surface area contributed by atoms with E-state index in [-0.39, 0.29) is 23.8 Å². The molecule has 1 aromatic heterocycles. The molecule has 1 aromatic carbocycles. The molecule has 0 bridgehead atoms. The minimum Gasteiger partial charge on any atom is -0.450 e. The highest BCUT2D eigenvalue weighted by Gasteiger charge is 2.22. The van der Waals surface area contributed by atoms with Gasteiger partial charge in [0, 0.05) is 25.0 Å². The lowest BCUT2D eigenvalue weighted by Crippen LogP contribution is -2.39. The molecule has 1 heterocycles. The molecular weight excluding hydrogens is 319 g/mol. The first kappa shape index (κ1) is 17.5. The van der Waals surface area contributed by atoms with Gasteiger partial charge in [0.1, 0.15) is 0 Å². The summed E-state index contributed by atoms with van der Waals surface area (Å²) < 4.78 is 23.8. The van der Waals surface area contributed by atoms with Crippen LogP contribution in [-0.2, 0) is 14.3 Å². The molecule has 0 spiro atoms. The lowest BCUT2D eigenvalue weighted by molar-refractivity contribution is -0.137. The van der Waals surface area contributed by atoms with Crippen molar-refractivity contribution in [1.82, 2.24) is 10.2 Å². The molecule has 1 N–H and O–H groups in total. The standard InChI is InChI=1S/C16H17FN2O5/c1-9-10-5-4-6-11(17)15(10)24-14(9)16(22)23-8-13(21)19(3)7-12(20)18-2/h4-6H,7-8H2,1-3H3,(H,18,20). The van der Waals surface area contributed by atoms with Crippen LogP contribution >= 0.6 is 0 Å². The predicted octanol–water partition coefficient (Wildman–Crippen LogP) is 1.24. The lowest BCUT2D eigenvalue weighted by Gasteiger charge is -2.15. The Morgan fingerprint density at radius 1 is 1.33 bits per heavy atom. The van der Waals surface area contributed by atoms with E-state index in [0.29, 0.717) is 10.9 Å². The fraction of sp³-hybridized carbons (Fsp3) is 0.312.